The van der Waals surface area contributed by atoms with Crippen molar-refractivity contribution < 1.29 is 0 Å². The lowest BCUT2D eigenvalue weighted by atomic mass is 10.2. The van der Waals surface area contributed by atoms with Gasteiger partial charge in [0.1, 0.15) is 0 Å². The van der Waals surface area contributed by atoms with Crippen LogP contribution >= 0.6 is 22.7 Å². The van der Waals surface area contributed by atoms with Gasteiger partial charge in [-0.15, -0.1) is 22.7 Å². The van der Waals surface area contributed by atoms with Crippen molar-refractivity contribution in [2.75, 3.05) is 0 Å². The van der Waals surface area contributed by atoms with Crippen molar-refractivity contribution in [3.8, 4) is 0 Å². The molecule has 0 aliphatic rings. The Labute approximate surface area is 122 Å². The molecule has 0 aromatic carbocycles. The van der Waals surface area contributed by atoms with Crippen molar-refractivity contribution in [1.29, 1.82) is 0 Å². The van der Waals surface area contributed by atoms with Gasteiger partial charge in [0, 0.05) is 16.3 Å². The van der Waals surface area contributed by atoms with E-state index in [1.54, 1.807) is 0 Å². The number of aromatic nitrogens is 1. The second-order valence-electron chi connectivity index (χ2n) is 5.78. The third kappa shape index (κ3) is 1.95. The molecule has 0 saturated heterocycles. The number of fused-ring (bicyclic) bond motifs is 3. The summed E-state index contributed by atoms with van der Waals surface area (Å²) in [7, 11) is 0. The predicted molar refractivity (Wildman–Crippen MR) is 89.1 cm³/mol. The highest BCUT2D eigenvalue weighted by molar-refractivity contribution is 7.27. The summed E-state index contributed by atoms with van der Waals surface area (Å²) in [6, 6.07) is 4.80. The number of rotatable bonds is 3. The van der Waals surface area contributed by atoms with Crippen molar-refractivity contribution in [3.63, 3.8) is 0 Å². The van der Waals surface area contributed by atoms with E-state index in [2.05, 4.69) is 51.3 Å². The highest BCUT2D eigenvalue weighted by Gasteiger charge is 2.18. The number of hydrogen-bond donors (Lipinski definition) is 0. The SMILES string of the molecule is CCn1c2cc(C(C)C)sc2c2sc(C(C)C)cc21. The van der Waals surface area contributed by atoms with Crippen LogP contribution in [0.25, 0.3) is 20.4 Å². The molecule has 0 aliphatic heterocycles. The Morgan fingerprint density at radius 2 is 1.32 bits per heavy atom. The molecule has 0 aliphatic carbocycles. The Morgan fingerprint density at radius 1 is 0.895 bits per heavy atom. The van der Waals surface area contributed by atoms with Crippen LogP contribution in [0.15, 0.2) is 12.1 Å². The second kappa shape index (κ2) is 4.64. The number of hydrogen-bond acceptors (Lipinski definition) is 2. The molecule has 0 fully saturated rings. The third-order valence-corrected chi connectivity index (χ3v) is 6.72. The molecule has 3 heterocycles. The molecule has 0 radical (unpaired) electrons. The van der Waals surface area contributed by atoms with E-state index in [-0.39, 0.29) is 0 Å². The normalized spacial score (nSPS) is 12.6. The Kier molecular flexibility index (Phi) is 3.22. The van der Waals surface area contributed by atoms with Crippen LogP contribution in [-0.4, -0.2) is 4.57 Å². The largest absolute Gasteiger partial charge is 0.339 e. The fourth-order valence-corrected chi connectivity index (χ4v) is 5.04. The van der Waals surface area contributed by atoms with Gasteiger partial charge < -0.3 is 4.57 Å². The lowest BCUT2D eigenvalue weighted by Gasteiger charge is -2.02. The summed E-state index contributed by atoms with van der Waals surface area (Å²) in [4.78, 5) is 3.02. The van der Waals surface area contributed by atoms with Gasteiger partial charge in [-0.1, -0.05) is 27.7 Å². The first-order valence-electron chi connectivity index (χ1n) is 7.08. The van der Waals surface area contributed by atoms with Crippen LogP contribution in [0.4, 0.5) is 0 Å². The summed E-state index contributed by atoms with van der Waals surface area (Å²) < 4.78 is 5.48. The average molecular weight is 291 g/mol. The highest BCUT2D eigenvalue weighted by Crippen LogP contribution is 2.43. The molecule has 0 amide bonds. The van der Waals surface area contributed by atoms with Crippen LogP contribution in [0, 0.1) is 0 Å². The summed E-state index contributed by atoms with van der Waals surface area (Å²) in [6.07, 6.45) is 0. The molecule has 0 atom stereocenters. The molecular weight excluding hydrogens is 270 g/mol. The second-order valence-corrected chi connectivity index (χ2v) is 7.95. The van der Waals surface area contributed by atoms with Gasteiger partial charge in [0.2, 0.25) is 0 Å². The molecule has 0 bridgehead atoms. The minimum Gasteiger partial charge on any atom is -0.339 e. The Bertz CT molecular complexity index is 665. The van der Waals surface area contributed by atoms with E-state index < -0.39 is 0 Å². The number of nitrogens with zero attached hydrogens (tertiary/aromatic N) is 1. The maximum atomic E-state index is 2.48. The molecule has 3 aromatic heterocycles. The fraction of sp³-hybridized carbons (Fsp3) is 0.500. The van der Waals surface area contributed by atoms with E-state index in [0.717, 1.165) is 6.54 Å². The van der Waals surface area contributed by atoms with E-state index in [9.17, 15) is 0 Å². The molecule has 3 rings (SSSR count). The van der Waals surface area contributed by atoms with Gasteiger partial charge in [0.05, 0.1) is 20.4 Å². The van der Waals surface area contributed by atoms with Crippen LogP contribution in [0.3, 0.4) is 0 Å². The summed E-state index contributed by atoms with van der Waals surface area (Å²) in [6.45, 7) is 12.4. The minimum atomic E-state index is 0.627. The van der Waals surface area contributed by atoms with E-state index in [1.165, 1.54) is 30.2 Å². The quantitative estimate of drug-likeness (QED) is 0.542. The van der Waals surface area contributed by atoms with Crippen molar-refractivity contribution in [2.24, 2.45) is 0 Å². The fourth-order valence-electron chi connectivity index (χ4n) is 2.57. The Hall–Kier alpha value is -0.800. The van der Waals surface area contributed by atoms with Crippen molar-refractivity contribution in [1.82, 2.24) is 4.57 Å². The third-order valence-electron chi connectivity index (χ3n) is 3.71. The summed E-state index contributed by atoms with van der Waals surface area (Å²) in [5, 5.41) is 0. The van der Waals surface area contributed by atoms with Crippen molar-refractivity contribution in [2.45, 2.75) is 53.0 Å². The first-order valence-corrected chi connectivity index (χ1v) is 8.71. The number of thiophene rings is 2. The van der Waals surface area contributed by atoms with Crippen LogP contribution < -0.4 is 0 Å². The predicted octanol–water partition coefficient (Wildman–Crippen LogP) is 6.18. The Balaban J connectivity index is 2.33. The molecule has 0 spiro atoms. The smallest absolute Gasteiger partial charge is 0.0703 e. The summed E-state index contributed by atoms with van der Waals surface area (Å²) in [5.74, 6) is 1.25. The zero-order valence-electron chi connectivity index (χ0n) is 12.3. The van der Waals surface area contributed by atoms with Gasteiger partial charge in [0.15, 0.2) is 0 Å². The van der Waals surface area contributed by atoms with Gasteiger partial charge in [-0.2, -0.15) is 0 Å². The van der Waals surface area contributed by atoms with Gasteiger partial charge in [-0.05, 0) is 30.9 Å². The lowest BCUT2D eigenvalue weighted by molar-refractivity contribution is 0.823. The molecule has 0 unspecified atom stereocenters. The molecular formula is C16H21NS2. The number of aryl methyl sites for hydroxylation is 1. The molecule has 0 N–H and O–H groups in total. The average Bonchev–Trinajstić information content (AvgIpc) is 2.96. The molecule has 1 nitrogen and oxygen atoms in total. The Morgan fingerprint density at radius 3 is 1.63 bits per heavy atom. The van der Waals surface area contributed by atoms with Crippen molar-refractivity contribution >= 4 is 43.1 Å². The maximum Gasteiger partial charge on any atom is 0.0703 e. The van der Waals surface area contributed by atoms with Gasteiger partial charge >= 0.3 is 0 Å². The molecule has 19 heavy (non-hydrogen) atoms. The van der Waals surface area contributed by atoms with Crippen LogP contribution in [0.2, 0.25) is 0 Å². The van der Waals surface area contributed by atoms with E-state index in [1.807, 2.05) is 22.7 Å². The maximum absolute atomic E-state index is 2.48. The summed E-state index contributed by atoms with van der Waals surface area (Å²) >= 11 is 3.97. The van der Waals surface area contributed by atoms with Gasteiger partial charge in [0.25, 0.3) is 0 Å². The topological polar surface area (TPSA) is 4.93 Å². The molecule has 0 saturated carbocycles. The first kappa shape index (κ1) is 13.2. The van der Waals surface area contributed by atoms with Crippen LogP contribution in [0.5, 0.6) is 0 Å². The highest BCUT2D eigenvalue weighted by atomic mass is 32.1. The van der Waals surface area contributed by atoms with Crippen LogP contribution in [0.1, 0.15) is 56.2 Å². The van der Waals surface area contributed by atoms with Crippen molar-refractivity contribution in [3.05, 3.63) is 21.9 Å². The standard InChI is InChI=1S/C16H21NS2/c1-6-17-11-7-13(9(2)3)18-15(11)16-12(17)8-14(19-16)10(4)5/h7-10H,6H2,1-5H3. The molecule has 3 aromatic rings. The van der Waals surface area contributed by atoms with Gasteiger partial charge in [-0.3, -0.25) is 0 Å². The van der Waals surface area contributed by atoms with Crippen LogP contribution in [-0.2, 0) is 6.54 Å². The van der Waals surface area contributed by atoms with E-state index in [0.29, 0.717) is 11.8 Å². The first-order chi connectivity index (χ1) is 9.02. The minimum absolute atomic E-state index is 0.627. The van der Waals surface area contributed by atoms with E-state index in [4.69, 9.17) is 0 Å². The van der Waals surface area contributed by atoms with E-state index >= 15 is 0 Å². The zero-order valence-corrected chi connectivity index (χ0v) is 13.9. The lowest BCUT2D eigenvalue weighted by Crippen LogP contribution is -1.92. The monoisotopic (exact) mass is 291 g/mol. The van der Waals surface area contributed by atoms with Gasteiger partial charge in [-0.25, -0.2) is 0 Å². The molecule has 3 heteroatoms. The summed E-state index contributed by atoms with van der Waals surface area (Å²) in [5.41, 5.74) is 2.88. The molecule has 102 valence electrons. The zero-order chi connectivity index (χ0) is 13.7.